The molecule has 0 N–H and O–H groups in total. The lowest BCUT2D eigenvalue weighted by Crippen LogP contribution is -2.37. The summed E-state index contributed by atoms with van der Waals surface area (Å²) in [6.07, 6.45) is 21.9. The Kier molecular flexibility index (Phi) is 19.3. The molecule has 0 saturated carbocycles. The molecule has 0 aromatic carbocycles. The van der Waals surface area contributed by atoms with Crippen molar-refractivity contribution in [3.8, 4) is 0 Å². The first kappa shape index (κ1) is 27.4. The van der Waals surface area contributed by atoms with E-state index in [1.54, 1.807) is 0 Å². The lowest BCUT2D eigenvalue weighted by Gasteiger charge is -2.22. The number of carbonyl (C=O) groups is 1. The standard InChI is InChI=1S/C24H50NO3/c1-5-6-7-8-9-10-11-12-13-14-15-16-17-18-19-20-21-24(26)28-27-23-22-25(2,3)4/h5-23H2,1-4H3/q+1. The van der Waals surface area contributed by atoms with Gasteiger partial charge in [0.15, 0.2) is 0 Å². The minimum absolute atomic E-state index is 0.230. The zero-order valence-corrected chi connectivity index (χ0v) is 19.6. The Hall–Kier alpha value is -0.610. The fourth-order valence-corrected chi connectivity index (χ4v) is 3.28. The summed E-state index contributed by atoms with van der Waals surface area (Å²) in [6, 6.07) is 0. The van der Waals surface area contributed by atoms with Gasteiger partial charge in [-0.1, -0.05) is 103 Å². The fraction of sp³-hybridized carbons (Fsp3) is 0.958. The van der Waals surface area contributed by atoms with Crippen molar-refractivity contribution >= 4 is 5.97 Å². The summed E-state index contributed by atoms with van der Waals surface area (Å²) in [6.45, 7) is 3.56. The quantitative estimate of drug-likeness (QED) is 0.0917. The zero-order valence-electron chi connectivity index (χ0n) is 19.6. The summed E-state index contributed by atoms with van der Waals surface area (Å²) in [5, 5.41) is 0. The van der Waals surface area contributed by atoms with E-state index in [9.17, 15) is 4.79 Å². The molecule has 0 aromatic rings. The summed E-state index contributed by atoms with van der Waals surface area (Å²) in [7, 11) is 6.25. The first-order chi connectivity index (χ1) is 13.5. The molecule has 28 heavy (non-hydrogen) atoms. The molecule has 0 bridgehead atoms. The van der Waals surface area contributed by atoms with Gasteiger partial charge in [-0.3, -0.25) is 4.89 Å². The second kappa shape index (κ2) is 19.7. The Bertz CT molecular complexity index is 339. The number of nitrogens with zero attached hydrogens (tertiary/aromatic N) is 1. The van der Waals surface area contributed by atoms with E-state index >= 15 is 0 Å². The molecule has 0 radical (unpaired) electrons. The third kappa shape index (κ3) is 23.4. The van der Waals surface area contributed by atoms with E-state index in [1.807, 2.05) is 0 Å². The first-order valence-electron chi connectivity index (χ1n) is 12.1. The lowest BCUT2D eigenvalue weighted by atomic mass is 10.0. The normalized spacial score (nSPS) is 11.7. The Morgan fingerprint density at radius 2 is 1.04 bits per heavy atom. The van der Waals surface area contributed by atoms with Crippen LogP contribution in [0.25, 0.3) is 0 Å². The van der Waals surface area contributed by atoms with Crippen LogP contribution in [0.2, 0.25) is 0 Å². The van der Waals surface area contributed by atoms with Crippen LogP contribution >= 0.6 is 0 Å². The number of unbranched alkanes of at least 4 members (excludes halogenated alkanes) is 15. The van der Waals surface area contributed by atoms with Gasteiger partial charge < -0.3 is 4.48 Å². The maximum absolute atomic E-state index is 11.6. The van der Waals surface area contributed by atoms with Gasteiger partial charge >= 0.3 is 5.97 Å². The molecule has 0 aliphatic heterocycles. The predicted molar refractivity (Wildman–Crippen MR) is 119 cm³/mol. The highest BCUT2D eigenvalue weighted by Gasteiger charge is 2.08. The molecular weight excluding hydrogens is 350 g/mol. The summed E-state index contributed by atoms with van der Waals surface area (Å²) in [5.41, 5.74) is 0. The largest absolute Gasteiger partial charge is 0.342 e. The number of rotatable bonds is 21. The van der Waals surface area contributed by atoms with Crippen molar-refractivity contribution in [3.63, 3.8) is 0 Å². The molecular formula is C24H50NO3+. The molecule has 0 aliphatic carbocycles. The molecule has 0 spiro atoms. The molecule has 0 heterocycles. The molecule has 0 atom stereocenters. The highest BCUT2D eigenvalue weighted by Crippen LogP contribution is 2.14. The average molecular weight is 401 g/mol. The van der Waals surface area contributed by atoms with E-state index < -0.39 is 0 Å². The maximum atomic E-state index is 11.6. The highest BCUT2D eigenvalue weighted by atomic mass is 17.2. The summed E-state index contributed by atoms with van der Waals surface area (Å²) >= 11 is 0. The topological polar surface area (TPSA) is 35.5 Å². The summed E-state index contributed by atoms with van der Waals surface area (Å²) < 4.78 is 0.802. The van der Waals surface area contributed by atoms with Crippen LogP contribution in [-0.2, 0) is 14.6 Å². The van der Waals surface area contributed by atoms with Gasteiger partial charge in [-0.15, -0.1) is 0 Å². The number of quaternary nitrogens is 1. The second-order valence-electron chi connectivity index (χ2n) is 9.34. The number of hydrogen-bond donors (Lipinski definition) is 0. The van der Waals surface area contributed by atoms with Gasteiger partial charge in [0.05, 0.1) is 21.1 Å². The molecule has 0 fully saturated rings. The van der Waals surface area contributed by atoms with Gasteiger partial charge in [-0.2, -0.15) is 4.89 Å². The summed E-state index contributed by atoms with van der Waals surface area (Å²) in [4.78, 5) is 21.4. The monoisotopic (exact) mass is 400 g/mol. The number of likely N-dealkylation sites (N-methyl/N-ethyl adjacent to an activating group) is 1. The van der Waals surface area contributed by atoms with Crippen LogP contribution in [0.5, 0.6) is 0 Å². The van der Waals surface area contributed by atoms with Crippen molar-refractivity contribution in [2.45, 2.75) is 116 Å². The van der Waals surface area contributed by atoms with E-state index in [-0.39, 0.29) is 5.97 Å². The van der Waals surface area contributed by atoms with Crippen LogP contribution < -0.4 is 0 Å². The van der Waals surface area contributed by atoms with Crippen molar-refractivity contribution in [3.05, 3.63) is 0 Å². The van der Waals surface area contributed by atoms with E-state index in [2.05, 4.69) is 28.1 Å². The predicted octanol–water partition coefficient (Wildman–Crippen LogP) is 6.82. The van der Waals surface area contributed by atoms with Gasteiger partial charge in [0, 0.05) is 6.42 Å². The van der Waals surface area contributed by atoms with Crippen molar-refractivity contribution in [1.82, 2.24) is 0 Å². The number of carbonyl (C=O) groups excluding carboxylic acids is 1. The zero-order chi connectivity index (χ0) is 20.9. The smallest absolute Gasteiger partial charge is 0.329 e. The first-order valence-corrected chi connectivity index (χ1v) is 12.1. The molecule has 0 unspecified atom stereocenters. The van der Waals surface area contributed by atoms with Crippen LogP contribution in [0.3, 0.4) is 0 Å². The maximum Gasteiger partial charge on any atom is 0.342 e. The Balaban J connectivity index is 3.16. The van der Waals surface area contributed by atoms with Gasteiger partial charge in [-0.25, -0.2) is 4.79 Å². The van der Waals surface area contributed by atoms with Crippen molar-refractivity contribution < 1.29 is 19.1 Å². The van der Waals surface area contributed by atoms with Crippen LogP contribution in [0.1, 0.15) is 116 Å². The second-order valence-corrected chi connectivity index (χ2v) is 9.34. The van der Waals surface area contributed by atoms with Crippen molar-refractivity contribution in [1.29, 1.82) is 0 Å². The van der Waals surface area contributed by atoms with Crippen LogP contribution in [0, 0.1) is 0 Å². The minimum Gasteiger partial charge on any atom is -0.329 e. The van der Waals surface area contributed by atoms with Gasteiger partial charge in [0.25, 0.3) is 0 Å². The molecule has 0 saturated heterocycles. The Labute approximate surface area is 175 Å². The molecule has 0 amide bonds. The van der Waals surface area contributed by atoms with Crippen LogP contribution in [0.4, 0.5) is 0 Å². The lowest BCUT2D eigenvalue weighted by molar-refractivity contribution is -0.871. The molecule has 0 aliphatic rings. The third-order valence-corrected chi connectivity index (χ3v) is 5.23. The van der Waals surface area contributed by atoms with Crippen molar-refractivity contribution in [2.24, 2.45) is 0 Å². The van der Waals surface area contributed by atoms with Crippen LogP contribution in [-0.4, -0.2) is 44.7 Å². The number of hydrogen-bond acceptors (Lipinski definition) is 3. The van der Waals surface area contributed by atoms with Crippen LogP contribution in [0.15, 0.2) is 0 Å². The molecule has 4 heteroatoms. The van der Waals surface area contributed by atoms with Gasteiger partial charge in [0.1, 0.15) is 13.2 Å². The molecule has 0 rings (SSSR count). The van der Waals surface area contributed by atoms with Crippen molar-refractivity contribution in [2.75, 3.05) is 34.3 Å². The summed E-state index contributed by atoms with van der Waals surface area (Å²) in [5.74, 6) is -0.230. The fourth-order valence-electron chi connectivity index (χ4n) is 3.28. The average Bonchev–Trinajstić information content (AvgIpc) is 2.64. The molecule has 0 aromatic heterocycles. The van der Waals surface area contributed by atoms with E-state index in [0.29, 0.717) is 13.0 Å². The van der Waals surface area contributed by atoms with E-state index in [1.165, 1.54) is 89.9 Å². The van der Waals surface area contributed by atoms with Gasteiger partial charge in [0.2, 0.25) is 0 Å². The van der Waals surface area contributed by atoms with E-state index in [0.717, 1.165) is 23.9 Å². The Morgan fingerprint density at radius 1 is 0.643 bits per heavy atom. The van der Waals surface area contributed by atoms with E-state index in [4.69, 9.17) is 9.78 Å². The van der Waals surface area contributed by atoms with Gasteiger partial charge in [-0.05, 0) is 6.42 Å². The minimum atomic E-state index is -0.230. The highest BCUT2D eigenvalue weighted by molar-refractivity contribution is 5.68. The SMILES string of the molecule is CCCCCCCCCCCCCCCCCCC(=O)OOCC[N+](C)(C)C. The molecule has 168 valence electrons. The Morgan fingerprint density at radius 3 is 1.43 bits per heavy atom. The third-order valence-electron chi connectivity index (χ3n) is 5.23. The molecule has 4 nitrogen and oxygen atoms in total.